The number of benzene rings is 1. The first kappa shape index (κ1) is 18.7. The first-order chi connectivity index (χ1) is 10.4. The van der Waals surface area contributed by atoms with Crippen LogP contribution < -0.4 is 4.74 Å². The monoisotopic (exact) mass is 350 g/mol. The smallest absolute Gasteiger partial charge is 0.339 e. The van der Waals surface area contributed by atoms with Crippen LogP contribution in [0.5, 0.6) is 5.75 Å². The van der Waals surface area contributed by atoms with Gasteiger partial charge in [0.1, 0.15) is 11.5 Å². The molecule has 1 aromatic carbocycles. The van der Waals surface area contributed by atoms with Gasteiger partial charge in [-0.25, -0.2) is 13.2 Å². The van der Waals surface area contributed by atoms with E-state index < -0.39 is 15.8 Å². The zero-order valence-electron chi connectivity index (χ0n) is 12.7. The minimum absolute atomic E-state index is 0.0499. The van der Waals surface area contributed by atoms with Crippen molar-refractivity contribution in [2.24, 2.45) is 0 Å². The maximum absolute atomic E-state index is 12.1. The van der Waals surface area contributed by atoms with Crippen molar-refractivity contribution >= 4 is 27.4 Å². The van der Waals surface area contributed by atoms with Crippen molar-refractivity contribution in [1.82, 2.24) is 0 Å². The Hall–Kier alpha value is -1.31. The Balaban J connectivity index is 3.35. The molecule has 124 valence electrons. The normalized spacial score (nSPS) is 11.3. The van der Waals surface area contributed by atoms with Gasteiger partial charge in [0.05, 0.1) is 29.6 Å². The van der Waals surface area contributed by atoms with Crippen LogP contribution in [-0.4, -0.2) is 47.1 Å². The number of ether oxygens (including phenoxy) is 3. The molecule has 0 aliphatic heterocycles. The fourth-order valence-corrected chi connectivity index (χ4v) is 3.05. The van der Waals surface area contributed by atoms with Crippen LogP contribution in [0, 0.1) is 0 Å². The lowest BCUT2D eigenvalue weighted by Gasteiger charge is -2.15. The second-order valence-electron chi connectivity index (χ2n) is 4.22. The van der Waals surface area contributed by atoms with Crippen molar-refractivity contribution < 1.29 is 27.4 Å². The van der Waals surface area contributed by atoms with E-state index in [4.69, 9.17) is 25.8 Å². The van der Waals surface area contributed by atoms with Crippen molar-refractivity contribution in [2.75, 3.05) is 32.7 Å². The van der Waals surface area contributed by atoms with E-state index in [1.165, 1.54) is 26.2 Å². The topological polar surface area (TPSA) is 78.9 Å². The summed E-state index contributed by atoms with van der Waals surface area (Å²) in [5, 5.41) is -0.0796. The van der Waals surface area contributed by atoms with E-state index in [9.17, 15) is 13.2 Å². The van der Waals surface area contributed by atoms with Crippen LogP contribution in [0.3, 0.4) is 0 Å². The van der Waals surface area contributed by atoms with Gasteiger partial charge >= 0.3 is 5.97 Å². The van der Waals surface area contributed by atoms with Gasteiger partial charge in [-0.2, -0.15) is 0 Å². The number of halogens is 1. The van der Waals surface area contributed by atoms with Gasteiger partial charge in [0.15, 0.2) is 15.6 Å². The predicted molar refractivity (Wildman–Crippen MR) is 82.5 cm³/mol. The Bertz CT molecular complexity index is 626. The highest BCUT2D eigenvalue weighted by molar-refractivity contribution is 7.91. The molecule has 0 aliphatic rings. The Morgan fingerprint density at radius 1 is 1.23 bits per heavy atom. The zero-order valence-corrected chi connectivity index (χ0v) is 14.3. The van der Waals surface area contributed by atoms with Crippen LogP contribution in [0.25, 0.3) is 0 Å². The lowest BCUT2D eigenvalue weighted by atomic mass is 10.2. The lowest BCUT2D eigenvalue weighted by Crippen LogP contribution is -2.13. The molecule has 0 radical (unpaired) electrons. The molecule has 8 heteroatoms. The maximum atomic E-state index is 12.1. The number of esters is 1. The molecular formula is C14H19ClO6S. The summed E-state index contributed by atoms with van der Waals surface area (Å²) < 4.78 is 39.4. The molecule has 0 bridgehead atoms. The summed E-state index contributed by atoms with van der Waals surface area (Å²) in [6.07, 6.45) is 0. The van der Waals surface area contributed by atoms with Gasteiger partial charge in [-0.05, 0) is 19.1 Å². The standard InChI is InChI=1S/C14H19ClO6S/c1-4-20-14(16)10-6-7-11(22(17,18)5-2)13(12(10)15)21-9-8-19-3/h6-7H,4-5,8-9H2,1-3H3. The van der Waals surface area contributed by atoms with Gasteiger partial charge in [-0.3, -0.25) is 0 Å². The second kappa shape index (κ2) is 8.36. The van der Waals surface area contributed by atoms with Gasteiger partial charge < -0.3 is 14.2 Å². The van der Waals surface area contributed by atoms with Crippen molar-refractivity contribution in [3.05, 3.63) is 22.7 Å². The number of sulfone groups is 1. The minimum Gasteiger partial charge on any atom is -0.488 e. The Kier molecular flexibility index (Phi) is 7.12. The molecule has 0 fully saturated rings. The van der Waals surface area contributed by atoms with E-state index in [2.05, 4.69) is 0 Å². The molecule has 6 nitrogen and oxygen atoms in total. The molecule has 0 atom stereocenters. The molecule has 1 aromatic rings. The van der Waals surface area contributed by atoms with E-state index in [0.29, 0.717) is 0 Å². The SMILES string of the molecule is CCOC(=O)c1ccc(S(=O)(=O)CC)c(OCCOC)c1Cl. The molecule has 0 aliphatic carbocycles. The highest BCUT2D eigenvalue weighted by atomic mass is 35.5. The van der Waals surface area contributed by atoms with Crippen LogP contribution in [0.1, 0.15) is 24.2 Å². The first-order valence-corrected chi connectivity index (χ1v) is 8.76. The van der Waals surface area contributed by atoms with E-state index in [1.807, 2.05) is 0 Å². The fraction of sp³-hybridized carbons (Fsp3) is 0.500. The first-order valence-electron chi connectivity index (χ1n) is 6.73. The van der Waals surface area contributed by atoms with Crippen LogP contribution >= 0.6 is 11.6 Å². The van der Waals surface area contributed by atoms with Gasteiger partial charge in [-0.15, -0.1) is 0 Å². The summed E-state index contributed by atoms with van der Waals surface area (Å²) in [5.41, 5.74) is 0.0611. The van der Waals surface area contributed by atoms with Gasteiger partial charge in [0.2, 0.25) is 0 Å². The number of rotatable bonds is 8. The fourth-order valence-electron chi connectivity index (χ4n) is 1.67. The third-order valence-electron chi connectivity index (χ3n) is 2.81. The van der Waals surface area contributed by atoms with E-state index in [0.717, 1.165) is 0 Å². The van der Waals surface area contributed by atoms with Crippen LogP contribution in [0.15, 0.2) is 17.0 Å². The molecule has 0 unspecified atom stereocenters. The largest absolute Gasteiger partial charge is 0.488 e. The molecule has 22 heavy (non-hydrogen) atoms. The number of methoxy groups -OCH3 is 1. The summed E-state index contributed by atoms with van der Waals surface area (Å²) in [5.74, 6) is -0.793. The zero-order chi connectivity index (χ0) is 16.8. The summed E-state index contributed by atoms with van der Waals surface area (Å²) in [6.45, 7) is 3.73. The third kappa shape index (κ3) is 4.34. The van der Waals surface area contributed by atoms with Gasteiger partial charge in [0, 0.05) is 7.11 Å². The van der Waals surface area contributed by atoms with Crippen LogP contribution in [-0.2, 0) is 19.3 Å². The Labute approximate surface area is 135 Å². The molecule has 0 N–H and O–H groups in total. The molecule has 0 aromatic heterocycles. The van der Waals surface area contributed by atoms with Crippen molar-refractivity contribution in [3.63, 3.8) is 0 Å². The lowest BCUT2D eigenvalue weighted by molar-refractivity contribution is 0.0525. The van der Waals surface area contributed by atoms with Crippen LogP contribution in [0.2, 0.25) is 5.02 Å². The summed E-state index contributed by atoms with van der Waals surface area (Å²) in [6, 6.07) is 2.63. The Morgan fingerprint density at radius 3 is 2.45 bits per heavy atom. The predicted octanol–water partition coefficient (Wildman–Crippen LogP) is 2.34. The van der Waals surface area contributed by atoms with Crippen molar-refractivity contribution in [1.29, 1.82) is 0 Å². The summed E-state index contributed by atoms with van der Waals surface area (Å²) in [4.78, 5) is 11.8. The number of hydrogen-bond donors (Lipinski definition) is 0. The van der Waals surface area contributed by atoms with Crippen LogP contribution in [0.4, 0.5) is 0 Å². The average molecular weight is 351 g/mol. The molecule has 0 amide bonds. The summed E-state index contributed by atoms with van der Waals surface area (Å²) >= 11 is 6.16. The molecule has 0 saturated carbocycles. The third-order valence-corrected chi connectivity index (χ3v) is 4.93. The summed E-state index contributed by atoms with van der Waals surface area (Å²) in [7, 11) is -2.06. The number of carbonyl (C=O) groups is 1. The van der Waals surface area contributed by atoms with E-state index in [1.54, 1.807) is 6.92 Å². The number of hydrogen-bond acceptors (Lipinski definition) is 6. The van der Waals surface area contributed by atoms with Crippen molar-refractivity contribution in [3.8, 4) is 5.75 Å². The van der Waals surface area contributed by atoms with Gasteiger partial charge in [0.25, 0.3) is 0 Å². The minimum atomic E-state index is -3.55. The second-order valence-corrected chi connectivity index (χ2v) is 6.84. The van der Waals surface area contributed by atoms with E-state index >= 15 is 0 Å². The molecule has 1 rings (SSSR count). The van der Waals surface area contributed by atoms with Gasteiger partial charge in [-0.1, -0.05) is 18.5 Å². The van der Waals surface area contributed by atoms with E-state index in [-0.39, 0.29) is 46.8 Å². The molecular weight excluding hydrogens is 332 g/mol. The molecule has 0 spiro atoms. The Morgan fingerprint density at radius 2 is 1.91 bits per heavy atom. The molecule has 0 saturated heterocycles. The number of carbonyl (C=O) groups excluding carboxylic acids is 1. The highest BCUT2D eigenvalue weighted by Gasteiger charge is 2.25. The highest BCUT2D eigenvalue weighted by Crippen LogP contribution is 2.36. The quantitative estimate of drug-likeness (QED) is 0.529. The van der Waals surface area contributed by atoms with Crippen molar-refractivity contribution in [2.45, 2.75) is 18.7 Å². The average Bonchev–Trinajstić information content (AvgIpc) is 2.48. The maximum Gasteiger partial charge on any atom is 0.339 e. The molecule has 0 heterocycles.